The molecule has 0 aliphatic carbocycles. The maximum Gasteiger partial charge on any atom is 0.124 e. The Morgan fingerprint density at radius 2 is 1.85 bits per heavy atom. The number of benzene rings is 3. The molecule has 5 aromatic rings. The van der Waals surface area contributed by atoms with Crippen LogP contribution in [-0.2, 0) is 0 Å². The third kappa shape index (κ3) is 3.04. The van der Waals surface area contributed by atoms with E-state index in [1.807, 2.05) is 36.7 Å². The van der Waals surface area contributed by atoms with Gasteiger partial charge in [0.25, 0.3) is 0 Å². The van der Waals surface area contributed by atoms with Gasteiger partial charge in [0.15, 0.2) is 0 Å². The lowest BCUT2D eigenvalue weighted by molar-refractivity contribution is 1.44. The van der Waals surface area contributed by atoms with E-state index in [0.717, 1.165) is 32.9 Å². The zero-order chi connectivity index (χ0) is 18.2. The molecule has 0 saturated carbocycles. The summed E-state index contributed by atoms with van der Waals surface area (Å²) in [7, 11) is 0. The van der Waals surface area contributed by atoms with Crippen LogP contribution in [0.1, 0.15) is 11.1 Å². The van der Waals surface area contributed by atoms with Gasteiger partial charge in [-0.25, -0.2) is 4.98 Å². The molecule has 0 atom stereocenters. The molecule has 4 heteroatoms. The zero-order valence-electron chi connectivity index (χ0n) is 14.8. The predicted molar refractivity (Wildman–Crippen MR) is 115 cm³/mol. The van der Waals surface area contributed by atoms with Crippen LogP contribution >= 0.6 is 11.3 Å². The van der Waals surface area contributed by atoms with Crippen molar-refractivity contribution in [1.29, 1.82) is 0 Å². The monoisotopic (exact) mass is 367 g/mol. The van der Waals surface area contributed by atoms with E-state index in [2.05, 4.69) is 59.4 Å². The number of nitrogens with zero attached hydrogens (tertiary/aromatic N) is 2. The number of aliphatic imine (C=N–C) groups is 1. The molecule has 1 N–H and O–H groups in total. The maximum atomic E-state index is 4.75. The van der Waals surface area contributed by atoms with E-state index in [4.69, 9.17) is 4.98 Å². The first kappa shape index (κ1) is 16.0. The minimum Gasteiger partial charge on any atom is -0.361 e. The number of nitrogens with one attached hydrogen (secondary N) is 1. The maximum absolute atomic E-state index is 4.75. The Bertz CT molecular complexity index is 1280. The van der Waals surface area contributed by atoms with Gasteiger partial charge in [0.1, 0.15) is 5.01 Å². The average Bonchev–Trinajstić information content (AvgIpc) is 3.30. The molecule has 3 aromatic carbocycles. The molecule has 2 heterocycles. The molecule has 27 heavy (non-hydrogen) atoms. The van der Waals surface area contributed by atoms with Crippen molar-refractivity contribution in [3.8, 4) is 10.6 Å². The molecule has 0 aliphatic heterocycles. The SMILES string of the molecule is Cc1ccc2nc(-c3ccc(N=Cc4c[nH]c5ccccc45)cc3)sc2c1. The molecule has 2 aromatic heterocycles. The molecular weight excluding hydrogens is 350 g/mol. The Kier molecular flexibility index (Phi) is 3.84. The Morgan fingerprint density at radius 1 is 1.00 bits per heavy atom. The summed E-state index contributed by atoms with van der Waals surface area (Å²) in [5.74, 6) is 0. The number of hydrogen-bond acceptors (Lipinski definition) is 3. The molecule has 130 valence electrons. The van der Waals surface area contributed by atoms with Crippen molar-refractivity contribution in [3.05, 3.63) is 84.1 Å². The van der Waals surface area contributed by atoms with Crippen molar-refractivity contribution in [3.63, 3.8) is 0 Å². The minimum atomic E-state index is 0.931. The lowest BCUT2D eigenvalue weighted by Crippen LogP contribution is -1.78. The van der Waals surface area contributed by atoms with Gasteiger partial charge in [0.2, 0.25) is 0 Å². The fourth-order valence-electron chi connectivity index (χ4n) is 3.19. The number of thiazole rings is 1. The van der Waals surface area contributed by atoms with Crippen LogP contribution in [0.25, 0.3) is 31.7 Å². The lowest BCUT2D eigenvalue weighted by atomic mass is 10.2. The number of rotatable bonds is 3. The first-order valence-corrected chi connectivity index (χ1v) is 9.66. The van der Waals surface area contributed by atoms with Crippen molar-refractivity contribution in [2.24, 2.45) is 4.99 Å². The van der Waals surface area contributed by atoms with Crippen molar-refractivity contribution in [1.82, 2.24) is 9.97 Å². The molecule has 0 saturated heterocycles. The summed E-state index contributed by atoms with van der Waals surface area (Å²) in [5, 5.41) is 2.23. The van der Waals surface area contributed by atoms with Gasteiger partial charge in [-0.2, -0.15) is 0 Å². The standard InChI is InChI=1S/C23H17N3S/c1-15-6-11-21-22(12-15)27-23(26-21)16-7-9-18(10-8-16)24-13-17-14-25-20-5-3-2-4-19(17)20/h2-14,25H,1H3. The molecule has 5 rings (SSSR count). The summed E-state index contributed by atoms with van der Waals surface area (Å²) >= 11 is 1.73. The van der Waals surface area contributed by atoms with Gasteiger partial charge in [-0.1, -0.05) is 24.3 Å². The van der Waals surface area contributed by atoms with E-state index in [1.165, 1.54) is 15.6 Å². The number of aromatic amines is 1. The van der Waals surface area contributed by atoms with Crippen LogP contribution < -0.4 is 0 Å². The Morgan fingerprint density at radius 3 is 2.74 bits per heavy atom. The van der Waals surface area contributed by atoms with Crippen LogP contribution in [0.4, 0.5) is 5.69 Å². The van der Waals surface area contributed by atoms with E-state index in [0.29, 0.717) is 0 Å². The van der Waals surface area contributed by atoms with Crippen LogP contribution in [0.5, 0.6) is 0 Å². The van der Waals surface area contributed by atoms with Gasteiger partial charge in [0, 0.05) is 34.4 Å². The number of fused-ring (bicyclic) bond motifs is 2. The predicted octanol–water partition coefficient (Wildman–Crippen LogP) is 6.50. The normalized spacial score (nSPS) is 11.7. The fraction of sp³-hybridized carbons (Fsp3) is 0.0435. The summed E-state index contributed by atoms with van der Waals surface area (Å²) in [5.41, 5.74) is 6.60. The highest BCUT2D eigenvalue weighted by molar-refractivity contribution is 7.21. The third-order valence-corrected chi connectivity index (χ3v) is 5.70. The van der Waals surface area contributed by atoms with E-state index in [1.54, 1.807) is 11.3 Å². The summed E-state index contributed by atoms with van der Waals surface area (Å²) in [6, 6.07) is 22.9. The van der Waals surface area contributed by atoms with Gasteiger partial charge in [-0.05, 0) is 55.0 Å². The summed E-state index contributed by atoms with van der Waals surface area (Å²) in [4.78, 5) is 12.6. The highest BCUT2D eigenvalue weighted by Crippen LogP contribution is 2.31. The molecule has 3 nitrogen and oxygen atoms in total. The number of H-pyrrole nitrogens is 1. The van der Waals surface area contributed by atoms with Crippen LogP contribution in [-0.4, -0.2) is 16.2 Å². The average molecular weight is 367 g/mol. The Balaban J connectivity index is 1.42. The molecular formula is C23H17N3S. The van der Waals surface area contributed by atoms with Crippen LogP contribution in [0.15, 0.2) is 77.9 Å². The second-order valence-corrected chi connectivity index (χ2v) is 7.62. The first-order valence-electron chi connectivity index (χ1n) is 8.84. The second-order valence-electron chi connectivity index (χ2n) is 6.58. The quantitative estimate of drug-likeness (QED) is 0.363. The highest BCUT2D eigenvalue weighted by atomic mass is 32.1. The zero-order valence-corrected chi connectivity index (χ0v) is 15.6. The second kappa shape index (κ2) is 6.49. The van der Waals surface area contributed by atoms with Crippen molar-refractivity contribution >= 4 is 44.4 Å². The first-order chi connectivity index (χ1) is 13.3. The van der Waals surface area contributed by atoms with E-state index in [9.17, 15) is 0 Å². The summed E-state index contributed by atoms with van der Waals surface area (Å²) < 4.78 is 1.23. The third-order valence-electron chi connectivity index (χ3n) is 4.63. The molecule has 0 spiro atoms. The summed E-state index contributed by atoms with van der Waals surface area (Å²) in [6.45, 7) is 2.11. The number of aryl methyl sites for hydroxylation is 1. The lowest BCUT2D eigenvalue weighted by Gasteiger charge is -1.97. The van der Waals surface area contributed by atoms with Crippen LogP contribution in [0.3, 0.4) is 0 Å². The molecule has 0 unspecified atom stereocenters. The number of aromatic nitrogens is 2. The topological polar surface area (TPSA) is 41.0 Å². The van der Waals surface area contributed by atoms with E-state index < -0.39 is 0 Å². The number of para-hydroxylation sites is 1. The van der Waals surface area contributed by atoms with Crippen molar-refractivity contribution in [2.75, 3.05) is 0 Å². The molecule has 0 fully saturated rings. The van der Waals surface area contributed by atoms with E-state index in [-0.39, 0.29) is 0 Å². The molecule has 0 aliphatic rings. The van der Waals surface area contributed by atoms with Crippen LogP contribution in [0, 0.1) is 6.92 Å². The Hall–Kier alpha value is -3.24. The van der Waals surface area contributed by atoms with Gasteiger partial charge in [-0.3, -0.25) is 4.99 Å². The van der Waals surface area contributed by atoms with Crippen LogP contribution in [0.2, 0.25) is 0 Å². The van der Waals surface area contributed by atoms with Crippen molar-refractivity contribution in [2.45, 2.75) is 6.92 Å². The number of hydrogen-bond donors (Lipinski definition) is 1. The Labute approximate surface area is 161 Å². The molecule has 0 radical (unpaired) electrons. The highest BCUT2D eigenvalue weighted by Gasteiger charge is 2.06. The van der Waals surface area contributed by atoms with Gasteiger partial charge >= 0.3 is 0 Å². The van der Waals surface area contributed by atoms with Crippen molar-refractivity contribution < 1.29 is 0 Å². The summed E-state index contributed by atoms with van der Waals surface area (Å²) in [6.07, 6.45) is 3.90. The van der Waals surface area contributed by atoms with Gasteiger partial charge < -0.3 is 4.98 Å². The fourth-order valence-corrected chi connectivity index (χ4v) is 4.26. The smallest absolute Gasteiger partial charge is 0.124 e. The van der Waals surface area contributed by atoms with Gasteiger partial charge in [0.05, 0.1) is 15.9 Å². The minimum absolute atomic E-state index is 0.931. The molecule has 0 amide bonds. The largest absolute Gasteiger partial charge is 0.361 e. The van der Waals surface area contributed by atoms with Gasteiger partial charge in [-0.15, -0.1) is 11.3 Å². The van der Waals surface area contributed by atoms with E-state index >= 15 is 0 Å². The molecule has 0 bridgehead atoms.